The van der Waals surface area contributed by atoms with Crippen molar-refractivity contribution in [2.75, 3.05) is 0 Å². The first-order chi connectivity index (χ1) is 66.8. The second kappa shape index (κ2) is 52.9. The van der Waals surface area contributed by atoms with Crippen LogP contribution in [0.2, 0.25) is 0 Å². The standard InChI is InChI=1S/C28H28N2O4.C25H25BrN2O6.C21H21BrN2O4.C16H17NO7.C9H10BrN.C7H4BrN.6CH4/c1-18-6-2-5-9-23(18)19-10-12-22(13-11-19)28(14-15-28)29-26(33)24(31)25(32)27(34)30-16-20-7-3-4-8-21(20)17-30;1-15(29)33-21(23(31)27-25(11-12-25)19-7-9-20(26)10-8-19)22(34-16(2)30)24(32)28-13-17-5-3-4-6-18(17)14-28;22-16-7-5-15(6-8-16)21(9-10-21)23-19(27)17(25)18(26)20(28)24-11-13-3-1-2-4-14(13)12-24;1-9(18)23-13(14(16(21)22)24-10(2)19)15(20)17-7-11-5-3-4-6-12(11)8-17;10-8-3-1-7(2-4-8)9(11)5-6-9;8-7-3-1-6(5-9)2-4-7;;;;;;/h2-13,24-25,31-32H,14-17H2,1H3,(H,29,33);3-10,21-22H,11-14H2,1-2H3,(H,27,31);1-8,17-18,25-26H,9-12H2,(H,23,27);3-6,13-14H,7-8H2,1-2H3,(H,21,22);1-4H,5-6,11H2;1-4H;6*1H4/t24-,25-;21-,22-;17-,18-;13-,14-;;;;;;;;/m1111......../s1. The second-order valence-corrected chi connectivity index (χ2v) is 39.2. The normalized spacial score (nSPS) is 16.2. The second-order valence-electron chi connectivity index (χ2n) is 35.5. The first kappa shape index (κ1) is 120. The van der Waals surface area contributed by atoms with Crippen molar-refractivity contribution in [3.05, 3.63) is 338 Å². The van der Waals surface area contributed by atoms with Gasteiger partial charge >= 0.3 is 29.8 Å². The summed E-state index contributed by atoms with van der Waals surface area (Å²) >= 11 is 13.4. The summed E-state index contributed by atoms with van der Waals surface area (Å²) in [6.45, 7) is 9.01. The highest BCUT2D eigenvalue weighted by atomic mass is 79.9. The number of aliphatic hydroxyl groups excluding tert-OH is 4. The molecule has 0 unspecified atom stereocenters. The maximum Gasteiger partial charge on any atom is 0.349 e. The molecule has 0 spiro atoms. The van der Waals surface area contributed by atoms with Crippen LogP contribution in [0.3, 0.4) is 0 Å². The predicted molar refractivity (Wildman–Crippen MR) is 567 cm³/mol. The number of aryl methyl sites for hydroxylation is 1. The fraction of sp³-hybridized carbons (Fsp3) is 0.348. The SMILES string of the molecule is C.C.C.C.C.C.CC(=O)O[C@@H](C(=O)NC1(c2ccc(Br)cc2)CC1)[C@@H](OC(C)=O)C(=O)N1Cc2ccccc2C1.CC(=O)O[C@@H](C(=O)O)[C@@H](OC(C)=O)C(=O)N1Cc2ccccc2C1.Cc1ccccc1-c1ccc(C2(NC(=O)[C@H](O)[C@@H](O)C(=O)N3Cc4ccccc4C3)CC2)cc1.N#Cc1ccc(Br)cc1.NC1(c2ccc(Br)cc2)CC1.O=C(NC1(c2ccc(Br)cc2)CC1)[C@H](O)[C@@H](O)C(=O)N1Cc2ccccc2C1. The number of esters is 4. The van der Waals surface area contributed by atoms with Crippen LogP contribution in [0, 0.1) is 18.3 Å². The highest BCUT2D eigenvalue weighted by Crippen LogP contribution is 2.49. The van der Waals surface area contributed by atoms with E-state index in [1.807, 2.05) is 212 Å². The number of hydrogen-bond acceptors (Lipinski definition) is 22. The zero-order valence-corrected chi connectivity index (χ0v) is 83.5. The number of fused-ring (bicyclic) bond motifs is 4. The molecule has 4 heterocycles. The third-order valence-corrected chi connectivity index (χ3v) is 27.3. The summed E-state index contributed by atoms with van der Waals surface area (Å²) in [6, 6.07) is 79.1. The van der Waals surface area contributed by atoms with Gasteiger partial charge < -0.3 is 85.8 Å². The topological polar surface area (TPSA) is 442 Å². The Hall–Kier alpha value is -13.0. The smallest absolute Gasteiger partial charge is 0.349 e. The molecule has 0 radical (unpaired) electrons. The van der Waals surface area contributed by atoms with Crippen LogP contribution in [0.1, 0.15) is 202 Å². The Labute approximate surface area is 886 Å². The Morgan fingerprint density at radius 2 is 0.575 bits per heavy atom. The average Bonchev–Trinajstić information content (AvgIpc) is 1.62. The summed E-state index contributed by atoms with van der Waals surface area (Å²) in [7, 11) is 0. The van der Waals surface area contributed by atoms with Crippen molar-refractivity contribution >= 4 is 135 Å². The van der Waals surface area contributed by atoms with E-state index < -0.39 is 137 Å². The van der Waals surface area contributed by atoms with Gasteiger partial charge in [0.25, 0.3) is 41.4 Å². The highest BCUT2D eigenvalue weighted by molar-refractivity contribution is 9.11. The first-order valence-corrected chi connectivity index (χ1v) is 48.4. The molecule has 776 valence electrons. The molecule has 4 saturated carbocycles. The molecule has 8 atom stereocenters. The lowest BCUT2D eigenvalue weighted by Crippen LogP contribution is -2.54. The number of nitrogens with two attached hydrogens (primary N) is 1. The molecule has 18 rings (SSSR count). The molecule has 0 saturated heterocycles. The van der Waals surface area contributed by atoms with Crippen LogP contribution in [0.25, 0.3) is 11.1 Å². The number of benzene rings is 10. The van der Waals surface area contributed by atoms with Crippen molar-refractivity contribution in [1.82, 2.24) is 35.6 Å². The van der Waals surface area contributed by atoms with Gasteiger partial charge in [0.05, 0.1) is 28.2 Å². The number of nitriles is 1. The number of aliphatic carboxylic acids is 1. The Bertz CT molecular complexity index is 6210. The summed E-state index contributed by atoms with van der Waals surface area (Å²) in [5, 5.41) is 67.8. The van der Waals surface area contributed by atoms with E-state index in [0.29, 0.717) is 57.7 Å². The van der Waals surface area contributed by atoms with E-state index in [0.717, 1.165) is 156 Å². The average molecular weight is 2260 g/mol. The molecule has 7 amide bonds. The van der Waals surface area contributed by atoms with Crippen LogP contribution in [-0.4, -0.2) is 165 Å². The number of carboxylic acid groups (broad SMARTS) is 1. The number of amides is 7. The zero-order chi connectivity index (χ0) is 101. The molecule has 0 aromatic heterocycles. The Balaban J connectivity index is 0.000000245. The van der Waals surface area contributed by atoms with Crippen LogP contribution >= 0.6 is 63.7 Å². The number of hydrogen-bond donors (Lipinski definition) is 9. The molecule has 30 nitrogen and oxygen atoms in total. The van der Waals surface area contributed by atoms with Gasteiger partial charge in [-0.05, 0) is 202 Å². The van der Waals surface area contributed by atoms with Crippen molar-refractivity contribution < 1.29 is 102 Å². The van der Waals surface area contributed by atoms with E-state index >= 15 is 0 Å². The number of nitrogens with one attached hydrogen (secondary N) is 3. The lowest BCUT2D eigenvalue weighted by Gasteiger charge is -2.29. The van der Waals surface area contributed by atoms with E-state index in [9.17, 15) is 83.1 Å². The highest BCUT2D eigenvalue weighted by Gasteiger charge is 2.53. The number of carbonyl (C=O) groups is 12. The van der Waals surface area contributed by atoms with Crippen molar-refractivity contribution in [3.63, 3.8) is 0 Å². The number of nitrogens with zero attached hydrogens (tertiary/aromatic N) is 5. The van der Waals surface area contributed by atoms with Crippen LogP contribution in [0.4, 0.5) is 0 Å². The number of carboxylic acids is 1. The van der Waals surface area contributed by atoms with Gasteiger partial charge in [-0.1, -0.05) is 290 Å². The summed E-state index contributed by atoms with van der Waals surface area (Å²) in [4.78, 5) is 153. The largest absolute Gasteiger partial charge is 0.478 e. The molecule has 4 aliphatic carbocycles. The number of rotatable bonds is 24. The molecular formula is C112H129Br4N9O21. The summed E-state index contributed by atoms with van der Waals surface area (Å²) in [6.07, 6.45) is -7.49. The Morgan fingerprint density at radius 3 is 0.849 bits per heavy atom. The predicted octanol–water partition coefficient (Wildman–Crippen LogP) is 16.8. The molecule has 8 aliphatic rings. The molecule has 10 aromatic rings. The van der Waals surface area contributed by atoms with Crippen LogP contribution in [-0.2, 0) is 151 Å². The minimum Gasteiger partial charge on any atom is -0.478 e. The van der Waals surface area contributed by atoms with Crippen LogP contribution < -0.4 is 21.7 Å². The van der Waals surface area contributed by atoms with Crippen molar-refractivity contribution in [2.45, 2.75) is 254 Å². The van der Waals surface area contributed by atoms with Gasteiger partial charge in [-0.2, -0.15) is 5.26 Å². The molecule has 0 bridgehead atoms. The van der Waals surface area contributed by atoms with Crippen LogP contribution in [0.15, 0.2) is 261 Å². The summed E-state index contributed by atoms with van der Waals surface area (Å²) in [5.74, 6) is -9.60. The fourth-order valence-corrected chi connectivity index (χ4v) is 17.9. The maximum atomic E-state index is 13.4. The van der Waals surface area contributed by atoms with Gasteiger partial charge in [0, 0.05) is 103 Å². The summed E-state index contributed by atoms with van der Waals surface area (Å²) in [5.41, 5.74) is 20.3. The molecular weight excluding hydrogens is 2130 g/mol. The van der Waals surface area contributed by atoms with E-state index in [1.165, 1.54) is 30.7 Å². The maximum absolute atomic E-state index is 13.4. The number of carbonyl (C=O) groups excluding carboxylic acids is 11. The van der Waals surface area contributed by atoms with Crippen molar-refractivity contribution in [2.24, 2.45) is 5.73 Å². The van der Waals surface area contributed by atoms with Gasteiger partial charge in [-0.25, -0.2) is 4.79 Å². The quantitative estimate of drug-likeness (QED) is 0.0200. The van der Waals surface area contributed by atoms with Gasteiger partial charge in [0.2, 0.25) is 24.4 Å². The monoisotopic (exact) mass is 2250 g/mol. The number of halogens is 4. The molecule has 4 aliphatic heterocycles. The minimum absolute atomic E-state index is 0. The third kappa shape index (κ3) is 30.6. The van der Waals surface area contributed by atoms with Crippen molar-refractivity contribution in [1.29, 1.82) is 5.26 Å². The molecule has 34 heteroatoms. The Morgan fingerprint density at radius 1 is 0.329 bits per heavy atom. The molecule has 10 N–H and O–H groups in total. The van der Waals surface area contributed by atoms with Gasteiger partial charge in [-0.15, -0.1) is 0 Å². The van der Waals surface area contributed by atoms with E-state index in [2.05, 4.69) is 116 Å². The van der Waals surface area contributed by atoms with Gasteiger partial charge in [-0.3, -0.25) is 52.7 Å². The van der Waals surface area contributed by atoms with Crippen LogP contribution in [0.5, 0.6) is 0 Å². The zero-order valence-electron chi connectivity index (χ0n) is 77.1. The number of aliphatic hydroxyl groups is 4. The summed E-state index contributed by atoms with van der Waals surface area (Å²) < 4.78 is 24.1. The minimum atomic E-state index is -1.90. The third-order valence-electron chi connectivity index (χ3n) is 25.2. The van der Waals surface area contributed by atoms with Crippen molar-refractivity contribution in [3.8, 4) is 17.2 Å². The van der Waals surface area contributed by atoms with Gasteiger partial charge in [0.1, 0.15) is 0 Å². The fourth-order valence-electron chi connectivity index (χ4n) is 16.8. The first-order valence-electron chi connectivity index (χ1n) is 45.2. The van der Waals surface area contributed by atoms with Gasteiger partial charge in [0.15, 0.2) is 24.4 Å². The number of ether oxygens (including phenoxy) is 4. The van der Waals surface area contributed by atoms with E-state index in [-0.39, 0.29) is 63.2 Å². The van der Waals surface area contributed by atoms with E-state index in [4.69, 9.17) is 25.2 Å². The molecule has 146 heavy (non-hydrogen) atoms. The molecule has 4 fully saturated rings. The molecule has 10 aromatic carbocycles. The Kier molecular flexibility index (Phi) is 43.5. The van der Waals surface area contributed by atoms with E-state index in [1.54, 1.807) is 12.1 Å². The lowest BCUT2D eigenvalue weighted by atomic mass is 9.96. The lowest BCUT2D eigenvalue weighted by molar-refractivity contribution is -0.183.